The van der Waals surface area contributed by atoms with E-state index in [9.17, 15) is 9.90 Å². The highest BCUT2D eigenvalue weighted by Crippen LogP contribution is 2.39. The van der Waals surface area contributed by atoms with Crippen molar-refractivity contribution in [1.29, 1.82) is 0 Å². The van der Waals surface area contributed by atoms with Crippen LogP contribution in [0.3, 0.4) is 0 Å². The van der Waals surface area contributed by atoms with Crippen molar-refractivity contribution in [3.8, 4) is 10.4 Å². The Kier molecular flexibility index (Phi) is 3.62. The lowest BCUT2D eigenvalue weighted by atomic mass is 10.0. The first-order valence-electron chi connectivity index (χ1n) is 6.17. The van der Waals surface area contributed by atoms with Gasteiger partial charge in [-0.2, -0.15) is 0 Å². The topological polar surface area (TPSA) is 63.3 Å². The minimum atomic E-state index is -0.952. The van der Waals surface area contributed by atoms with E-state index in [2.05, 4.69) is 26.0 Å². The minimum absolute atomic E-state index is 0.241. The first kappa shape index (κ1) is 13.6. The molecule has 0 aliphatic carbocycles. The summed E-state index contributed by atoms with van der Waals surface area (Å²) in [6.45, 7) is 6.11. The van der Waals surface area contributed by atoms with E-state index in [1.54, 1.807) is 0 Å². The molecule has 0 radical (unpaired) electrons. The zero-order chi connectivity index (χ0) is 14.2. The molecular formula is C15H17NO2S. The third kappa shape index (κ3) is 2.36. The number of rotatable bonds is 3. The molecule has 0 bridgehead atoms. The van der Waals surface area contributed by atoms with Crippen molar-refractivity contribution in [3.63, 3.8) is 0 Å². The van der Waals surface area contributed by atoms with Crippen molar-refractivity contribution in [2.24, 2.45) is 0 Å². The Hall–Kier alpha value is -1.81. The molecule has 2 aromatic rings. The van der Waals surface area contributed by atoms with Crippen molar-refractivity contribution in [1.82, 2.24) is 0 Å². The fourth-order valence-corrected chi connectivity index (χ4v) is 3.25. The molecule has 0 aliphatic heterocycles. The number of hydrogen-bond donors (Lipinski definition) is 2. The summed E-state index contributed by atoms with van der Waals surface area (Å²) in [6.07, 6.45) is 0.734. The van der Waals surface area contributed by atoms with Crippen molar-refractivity contribution >= 4 is 23.0 Å². The molecule has 1 heterocycles. The van der Waals surface area contributed by atoms with Gasteiger partial charge in [-0.25, -0.2) is 4.79 Å². The number of carboxylic acids is 1. The van der Waals surface area contributed by atoms with Gasteiger partial charge in [0.25, 0.3) is 0 Å². The summed E-state index contributed by atoms with van der Waals surface area (Å²) >= 11 is 1.26. The van der Waals surface area contributed by atoms with Crippen LogP contribution in [0.15, 0.2) is 18.2 Å². The smallest absolute Gasteiger partial charge is 0.348 e. The van der Waals surface area contributed by atoms with Gasteiger partial charge in [0.2, 0.25) is 0 Å². The first-order chi connectivity index (χ1) is 8.95. The Labute approximate surface area is 116 Å². The zero-order valence-electron chi connectivity index (χ0n) is 11.3. The number of carbonyl (C=O) groups is 1. The highest BCUT2D eigenvalue weighted by atomic mass is 32.1. The summed E-state index contributed by atoms with van der Waals surface area (Å²) in [5, 5.41) is 9.17. The molecule has 1 aromatic carbocycles. The van der Waals surface area contributed by atoms with Gasteiger partial charge in [-0.3, -0.25) is 0 Å². The predicted octanol–water partition coefficient (Wildman–Crippen LogP) is 3.87. The van der Waals surface area contributed by atoms with Crippen LogP contribution in [0.25, 0.3) is 10.4 Å². The summed E-state index contributed by atoms with van der Waals surface area (Å²) < 4.78 is 0. The Balaban J connectivity index is 2.64. The third-order valence-corrected chi connectivity index (χ3v) is 4.65. The molecule has 0 amide bonds. The van der Waals surface area contributed by atoms with E-state index in [-0.39, 0.29) is 4.88 Å². The minimum Gasteiger partial charge on any atom is -0.477 e. The van der Waals surface area contributed by atoms with Crippen molar-refractivity contribution < 1.29 is 9.90 Å². The summed E-state index contributed by atoms with van der Waals surface area (Å²) in [5.74, 6) is -0.952. The number of nitrogen functional groups attached to an aromatic ring is 1. The normalized spacial score (nSPS) is 10.7. The van der Waals surface area contributed by atoms with E-state index < -0.39 is 5.97 Å². The van der Waals surface area contributed by atoms with Crippen LogP contribution in [0.5, 0.6) is 0 Å². The Morgan fingerprint density at radius 2 is 2.00 bits per heavy atom. The van der Waals surface area contributed by atoms with Gasteiger partial charge in [0.15, 0.2) is 0 Å². The molecule has 1 aromatic heterocycles. The monoisotopic (exact) mass is 275 g/mol. The van der Waals surface area contributed by atoms with E-state index in [1.807, 2.05) is 13.0 Å². The van der Waals surface area contributed by atoms with Gasteiger partial charge in [0.05, 0.1) is 5.69 Å². The number of thiophene rings is 1. The molecule has 0 atom stereocenters. The van der Waals surface area contributed by atoms with Crippen LogP contribution in [0.4, 0.5) is 5.69 Å². The van der Waals surface area contributed by atoms with Gasteiger partial charge in [0, 0.05) is 4.88 Å². The van der Waals surface area contributed by atoms with Crippen LogP contribution in [0.2, 0.25) is 0 Å². The third-order valence-electron chi connectivity index (χ3n) is 3.36. The van der Waals surface area contributed by atoms with Crippen LogP contribution in [0, 0.1) is 13.8 Å². The van der Waals surface area contributed by atoms with Crippen LogP contribution in [0.1, 0.15) is 33.3 Å². The summed E-state index contributed by atoms with van der Waals surface area (Å²) in [5.41, 5.74) is 10.8. The van der Waals surface area contributed by atoms with Crippen LogP contribution < -0.4 is 5.73 Å². The second kappa shape index (κ2) is 5.05. The van der Waals surface area contributed by atoms with E-state index in [1.165, 1.54) is 22.5 Å². The molecule has 3 nitrogen and oxygen atoms in total. The van der Waals surface area contributed by atoms with E-state index in [4.69, 9.17) is 5.73 Å². The van der Waals surface area contributed by atoms with Crippen LogP contribution >= 0.6 is 11.3 Å². The van der Waals surface area contributed by atoms with Crippen molar-refractivity contribution in [3.05, 3.63) is 39.8 Å². The second-order valence-electron chi connectivity index (χ2n) is 4.61. The molecule has 0 spiro atoms. The average Bonchev–Trinajstić information content (AvgIpc) is 2.70. The largest absolute Gasteiger partial charge is 0.477 e. The number of aryl methyl sites for hydroxylation is 2. The van der Waals surface area contributed by atoms with Gasteiger partial charge in [0.1, 0.15) is 4.88 Å². The number of nitrogens with two attached hydrogens (primary N) is 1. The first-order valence-corrected chi connectivity index (χ1v) is 6.99. The maximum Gasteiger partial charge on any atom is 0.348 e. The molecule has 0 fully saturated rings. The molecule has 0 aliphatic rings. The van der Waals surface area contributed by atoms with Crippen molar-refractivity contribution in [2.75, 3.05) is 5.73 Å². The maximum absolute atomic E-state index is 11.2. The van der Waals surface area contributed by atoms with Gasteiger partial charge >= 0.3 is 5.97 Å². The number of benzene rings is 1. The SMILES string of the molecule is CCc1c(-c2ccc(C)c(C)c2)sc(C(=O)O)c1N. The predicted molar refractivity (Wildman–Crippen MR) is 80.0 cm³/mol. The standard InChI is InChI=1S/C15H17NO2S/c1-4-11-12(16)14(15(17)18)19-13(11)10-6-5-8(2)9(3)7-10/h5-7H,4,16H2,1-3H3,(H,17,18). The lowest BCUT2D eigenvalue weighted by Gasteiger charge is -2.06. The van der Waals surface area contributed by atoms with Gasteiger partial charge in [-0.15, -0.1) is 11.3 Å². The van der Waals surface area contributed by atoms with Crippen LogP contribution in [-0.2, 0) is 6.42 Å². The lowest BCUT2D eigenvalue weighted by molar-refractivity contribution is 0.0703. The average molecular weight is 275 g/mol. The Morgan fingerprint density at radius 3 is 2.53 bits per heavy atom. The highest BCUT2D eigenvalue weighted by Gasteiger charge is 2.20. The number of hydrogen-bond acceptors (Lipinski definition) is 3. The molecule has 4 heteroatoms. The Bertz CT molecular complexity index is 644. The summed E-state index contributed by atoms with van der Waals surface area (Å²) in [4.78, 5) is 12.4. The summed E-state index contributed by atoms with van der Waals surface area (Å²) in [6, 6.07) is 6.17. The molecule has 19 heavy (non-hydrogen) atoms. The molecule has 3 N–H and O–H groups in total. The van der Waals surface area contributed by atoms with Gasteiger partial charge in [-0.05, 0) is 42.5 Å². The molecule has 100 valence electrons. The van der Waals surface area contributed by atoms with Gasteiger partial charge < -0.3 is 10.8 Å². The lowest BCUT2D eigenvalue weighted by Crippen LogP contribution is -1.99. The molecule has 0 saturated heterocycles. The van der Waals surface area contributed by atoms with E-state index in [0.717, 1.165) is 22.4 Å². The van der Waals surface area contributed by atoms with E-state index in [0.29, 0.717) is 5.69 Å². The highest BCUT2D eigenvalue weighted by molar-refractivity contribution is 7.18. The fraction of sp³-hybridized carbons (Fsp3) is 0.267. The molecular weight excluding hydrogens is 258 g/mol. The van der Waals surface area contributed by atoms with Gasteiger partial charge in [-0.1, -0.05) is 25.1 Å². The number of carboxylic acid groups (broad SMARTS) is 1. The molecule has 0 unspecified atom stereocenters. The number of anilines is 1. The fourth-order valence-electron chi connectivity index (χ4n) is 2.10. The quantitative estimate of drug-likeness (QED) is 0.893. The number of aromatic carboxylic acids is 1. The Morgan fingerprint density at radius 1 is 1.32 bits per heavy atom. The zero-order valence-corrected chi connectivity index (χ0v) is 12.1. The maximum atomic E-state index is 11.2. The van der Waals surface area contributed by atoms with Crippen molar-refractivity contribution in [2.45, 2.75) is 27.2 Å². The molecule has 2 rings (SSSR count). The van der Waals surface area contributed by atoms with Crippen LogP contribution in [-0.4, -0.2) is 11.1 Å². The molecule has 0 saturated carbocycles. The second-order valence-corrected chi connectivity index (χ2v) is 5.63. The van der Waals surface area contributed by atoms with E-state index >= 15 is 0 Å². The summed E-state index contributed by atoms with van der Waals surface area (Å²) in [7, 11) is 0.